The first kappa shape index (κ1) is 14.4. The van der Waals surface area contributed by atoms with Crippen molar-refractivity contribution in [3.05, 3.63) is 39.3 Å². The lowest BCUT2D eigenvalue weighted by atomic mass is 10.0. The first-order chi connectivity index (χ1) is 9.56. The van der Waals surface area contributed by atoms with E-state index in [0.717, 1.165) is 11.3 Å². The van der Waals surface area contributed by atoms with Crippen LogP contribution in [0.2, 0.25) is 0 Å². The van der Waals surface area contributed by atoms with Crippen molar-refractivity contribution in [1.82, 2.24) is 10.2 Å². The number of carbonyl (C=O) groups is 2. The normalized spacial score (nSPS) is 10.2. The van der Waals surface area contributed by atoms with E-state index in [-0.39, 0.29) is 12.3 Å². The monoisotopic (exact) mass is 309 g/mol. The lowest BCUT2D eigenvalue weighted by Crippen LogP contribution is -2.14. The number of nitrogens with zero attached hydrogens (tertiary/aromatic N) is 1. The third-order valence-electron chi connectivity index (χ3n) is 2.53. The van der Waals surface area contributed by atoms with Gasteiger partial charge in [-0.1, -0.05) is 29.5 Å². The van der Waals surface area contributed by atoms with Crippen LogP contribution in [0.25, 0.3) is 0 Å². The molecule has 1 aromatic carbocycles. The number of anilines is 1. The van der Waals surface area contributed by atoms with Crippen LogP contribution in [0.15, 0.2) is 24.3 Å². The number of carboxylic acid groups (broad SMARTS) is 1. The Morgan fingerprint density at radius 1 is 1.40 bits per heavy atom. The molecule has 6 nitrogen and oxygen atoms in total. The van der Waals surface area contributed by atoms with Crippen molar-refractivity contribution in [2.75, 3.05) is 5.32 Å². The zero-order valence-corrected chi connectivity index (χ0v) is 11.9. The van der Waals surface area contributed by atoms with E-state index in [1.807, 2.05) is 0 Å². The number of H-pyrrole nitrogens is 1. The molecule has 0 unspecified atom stereocenters. The van der Waals surface area contributed by atoms with Crippen LogP contribution in [-0.4, -0.2) is 27.2 Å². The van der Waals surface area contributed by atoms with Crippen LogP contribution in [0.1, 0.15) is 22.3 Å². The average molecular weight is 309 g/mol. The van der Waals surface area contributed by atoms with E-state index in [2.05, 4.69) is 15.5 Å². The summed E-state index contributed by atoms with van der Waals surface area (Å²) in [6.07, 6.45) is 0.279. The van der Waals surface area contributed by atoms with E-state index >= 15 is 0 Å². The molecule has 1 heterocycles. The van der Waals surface area contributed by atoms with Gasteiger partial charge in [0.25, 0.3) is 5.91 Å². The summed E-state index contributed by atoms with van der Waals surface area (Å²) >= 11 is 6.04. The van der Waals surface area contributed by atoms with Gasteiger partial charge < -0.3 is 5.11 Å². The highest BCUT2D eigenvalue weighted by Crippen LogP contribution is 2.16. The molecule has 0 aliphatic rings. The molecule has 2 rings (SSSR count). The number of aromatic amines is 1. The van der Waals surface area contributed by atoms with Crippen molar-refractivity contribution in [3.8, 4) is 0 Å². The Morgan fingerprint density at radius 3 is 2.80 bits per heavy atom. The molecule has 3 N–H and O–H groups in total. The number of aryl methyl sites for hydroxylation is 1. The molecule has 0 fully saturated rings. The van der Waals surface area contributed by atoms with Crippen molar-refractivity contribution >= 4 is 40.6 Å². The number of benzene rings is 1. The minimum atomic E-state index is -0.898. The first-order valence-electron chi connectivity index (χ1n) is 5.73. The van der Waals surface area contributed by atoms with E-state index in [1.165, 1.54) is 0 Å². The Kier molecular flexibility index (Phi) is 4.59. The molecule has 0 aliphatic heterocycles. The second-order valence-electron chi connectivity index (χ2n) is 3.92. The Labute approximate surface area is 123 Å². The number of aromatic nitrogens is 2. The maximum absolute atomic E-state index is 12.1. The summed E-state index contributed by atoms with van der Waals surface area (Å²) in [4.78, 5) is 22.8. The summed E-state index contributed by atoms with van der Waals surface area (Å²) in [5.74, 6) is -1.23. The van der Waals surface area contributed by atoms with Gasteiger partial charge in [0.15, 0.2) is 3.95 Å². The van der Waals surface area contributed by atoms with Crippen molar-refractivity contribution in [1.29, 1.82) is 0 Å². The molecule has 0 atom stereocenters. The summed E-state index contributed by atoms with van der Waals surface area (Å²) in [7, 11) is 0. The maximum Gasteiger partial charge on any atom is 0.303 e. The van der Waals surface area contributed by atoms with E-state index in [0.29, 0.717) is 26.6 Å². The minimum Gasteiger partial charge on any atom is -0.481 e. The van der Waals surface area contributed by atoms with Gasteiger partial charge in [0.1, 0.15) is 0 Å². The molecule has 1 amide bonds. The van der Waals surface area contributed by atoms with Gasteiger partial charge in [-0.25, -0.2) is 0 Å². The SMILES string of the molecule is O=C(O)CCc1ccccc1C(=O)Nc1n[nH]c(=S)s1. The number of nitrogens with one attached hydrogen (secondary N) is 2. The summed E-state index contributed by atoms with van der Waals surface area (Å²) in [6.45, 7) is 0. The van der Waals surface area contributed by atoms with Crippen LogP contribution in [0.5, 0.6) is 0 Å². The molecule has 0 saturated heterocycles. The first-order valence-corrected chi connectivity index (χ1v) is 6.95. The lowest BCUT2D eigenvalue weighted by molar-refractivity contribution is -0.136. The van der Waals surface area contributed by atoms with Crippen molar-refractivity contribution in [2.45, 2.75) is 12.8 Å². The summed E-state index contributed by atoms with van der Waals surface area (Å²) in [6, 6.07) is 6.89. The standard InChI is InChI=1S/C12H11N3O3S2/c16-9(17)6-5-7-3-1-2-4-8(7)10(18)13-11-14-15-12(19)20-11/h1-4H,5-6H2,(H,15,19)(H,16,17)(H,13,14,18). The number of amides is 1. The van der Waals surface area contributed by atoms with Crippen LogP contribution in [-0.2, 0) is 11.2 Å². The highest BCUT2D eigenvalue weighted by molar-refractivity contribution is 7.73. The fraction of sp³-hybridized carbons (Fsp3) is 0.167. The molecule has 0 bridgehead atoms. The molecule has 1 aromatic heterocycles. The number of hydrogen-bond acceptors (Lipinski definition) is 5. The Hall–Kier alpha value is -2.06. The highest BCUT2D eigenvalue weighted by Gasteiger charge is 2.13. The zero-order valence-electron chi connectivity index (χ0n) is 10.3. The predicted octanol–water partition coefficient (Wildman–Crippen LogP) is 2.47. The second kappa shape index (κ2) is 6.40. The molecule has 0 saturated carbocycles. The molecule has 20 heavy (non-hydrogen) atoms. The topological polar surface area (TPSA) is 95.1 Å². The quantitative estimate of drug-likeness (QED) is 0.737. The third-order valence-corrected chi connectivity index (χ3v) is 3.53. The van der Waals surface area contributed by atoms with Crippen LogP contribution < -0.4 is 5.32 Å². The van der Waals surface area contributed by atoms with Gasteiger partial charge in [-0.15, -0.1) is 5.10 Å². The van der Waals surface area contributed by atoms with Gasteiger partial charge >= 0.3 is 5.97 Å². The van der Waals surface area contributed by atoms with Crippen LogP contribution in [0, 0.1) is 3.95 Å². The molecule has 0 aliphatic carbocycles. The highest BCUT2D eigenvalue weighted by atomic mass is 32.1. The number of aliphatic carboxylic acids is 1. The molecule has 8 heteroatoms. The van der Waals surface area contributed by atoms with Gasteiger partial charge in [-0.05, 0) is 30.3 Å². The average Bonchev–Trinajstić information content (AvgIpc) is 2.82. The van der Waals surface area contributed by atoms with Gasteiger partial charge in [0, 0.05) is 12.0 Å². The number of rotatable bonds is 5. The molecular weight excluding hydrogens is 298 g/mol. The number of hydrogen-bond donors (Lipinski definition) is 3. The van der Waals surface area contributed by atoms with E-state index in [9.17, 15) is 9.59 Å². The summed E-state index contributed by atoms with van der Waals surface area (Å²) < 4.78 is 0.472. The number of carbonyl (C=O) groups excluding carboxylic acids is 1. The smallest absolute Gasteiger partial charge is 0.303 e. The fourth-order valence-corrected chi connectivity index (χ4v) is 2.43. The molecule has 0 spiro atoms. The van der Waals surface area contributed by atoms with E-state index in [4.69, 9.17) is 17.3 Å². The van der Waals surface area contributed by atoms with E-state index < -0.39 is 5.97 Å². The van der Waals surface area contributed by atoms with E-state index in [1.54, 1.807) is 24.3 Å². The Balaban J connectivity index is 2.16. The maximum atomic E-state index is 12.1. The van der Waals surface area contributed by atoms with Gasteiger partial charge in [0.2, 0.25) is 5.13 Å². The van der Waals surface area contributed by atoms with Crippen molar-refractivity contribution in [3.63, 3.8) is 0 Å². The van der Waals surface area contributed by atoms with Crippen LogP contribution in [0.3, 0.4) is 0 Å². The lowest BCUT2D eigenvalue weighted by Gasteiger charge is -2.07. The fourth-order valence-electron chi connectivity index (χ4n) is 1.65. The van der Waals surface area contributed by atoms with Crippen molar-refractivity contribution < 1.29 is 14.7 Å². The van der Waals surface area contributed by atoms with Crippen LogP contribution in [0.4, 0.5) is 5.13 Å². The number of carboxylic acids is 1. The largest absolute Gasteiger partial charge is 0.481 e. The van der Waals surface area contributed by atoms with Gasteiger partial charge in [-0.2, -0.15) is 0 Å². The zero-order chi connectivity index (χ0) is 14.5. The Bertz CT molecular complexity index is 693. The minimum absolute atomic E-state index is 0.0222. The summed E-state index contributed by atoms with van der Waals surface area (Å²) in [5, 5.41) is 18.1. The third kappa shape index (κ3) is 3.72. The predicted molar refractivity (Wildman–Crippen MR) is 77.7 cm³/mol. The van der Waals surface area contributed by atoms with Crippen LogP contribution >= 0.6 is 23.6 Å². The van der Waals surface area contributed by atoms with Crippen molar-refractivity contribution in [2.24, 2.45) is 0 Å². The second-order valence-corrected chi connectivity index (χ2v) is 5.59. The van der Waals surface area contributed by atoms with Gasteiger partial charge in [-0.3, -0.25) is 20.0 Å². The Morgan fingerprint density at radius 2 is 2.15 bits per heavy atom. The molecule has 0 radical (unpaired) electrons. The summed E-state index contributed by atoms with van der Waals surface area (Å²) in [5.41, 5.74) is 1.13. The molecule has 2 aromatic rings. The molecule has 104 valence electrons. The molecular formula is C12H11N3O3S2. The van der Waals surface area contributed by atoms with Gasteiger partial charge in [0.05, 0.1) is 0 Å².